The molecule has 5 heteroatoms. The summed E-state index contributed by atoms with van der Waals surface area (Å²) in [5.41, 5.74) is 2.82. The van der Waals surface area contributed by atoms with Crippen LogP contribution in [-0.2, 0) is 0 Å². The number of thiazole rings is 1. The maximum absolute atomic E-state index is 10.6. The molecule has 1 aromatic carbocycles. The lowest BCUT2D eigenvalue weighted by Crippen LogP contribution is -1.92. The van der Waals surface area contributed by atoms with Crippen LogP contribution >= 0.6 is 11.3 Å². The fourth-order valence-electron chi connectivity index (χ4n) is 1.79. The van der Waals surface area contributed by atoms with Gasteiger partial charge in [-0.25, -0.2) is 4.98 Å². The zero-order valence-electron chi connectivity index (χ0n) is 9.10. The van der Waals surface area contributed by atoms with Gasteiger partial charge in [0.05, 0.1) is 5.69 Å². The normalized spacial score (nSPS) is 12.8. The summed E-state index contributed by atoms with van der Waals surface area (Å²) in [6.45, 7) is 2.24. The van der Waals surface area contributed by atoms with Gasteiger partial charge in [0, 0.05) is 10.9 Å². The van der Waals surface area contributed by atoms with E-state index in [2.05, 4.69) is 4.98 Å². The lowest BCUT2D eigenvalue weighted by molar-refractivity contribution is 0.112. The number of carbonyl (C=O) groups excluding carboxylic acids is 1. The van der Waals surface area contributed by atoms with Crippen molar-refractivity contribution in [2.45, 2.75) is 6.92 Å². The Morgan fingerprint density at radius 2 is 2.12 bits per heavy atom. The third-order valence-electron chi connectivity index (χ3n) is 2.62. The van der Waals surface area contributed by atoms with Crippen LogP contribution in [0.4, 0.5) is 0 Å². The number of rotatable bonds is 2. The van der Waals surface area contributed by atoms with E-state index in [1.807, 2.05) is 24.4 Å². The van der Waals surface area contributed by atoms with E-state index in [0.29, 0.717) is 5.01 Å². The van der Waals surface area contributed by atoms with Crippen LogP contribution in [0.5, 0.6) is 11.5 Å². The number of fused-ring (bicyclic) bond motifs is 1. The van der Waals surface area contributed by atoms with Crippen LogP contribution in [0.15, 0.2) is 17.5 Å². The molecule has 0 spiro atoms. The van der Waals surface area contributed by atoms with Gasteiger partial charge >= 0.3 is 0 Å². The van der Waals surface area contributed by atoms with Crippen molar-refractivity contribution in [2.75, 3.05) is 6.79 Å². The van der Waals surface area contributed by atoms with Crippen molar-refractivity contribution < 1.29 is 14.3 Å². The Bertz CT molecular complexity index is 591. The van der Waals surface area contributed by atoms with E-state index >= 15 is 0 Å². The predicted molar refractivity (Wildman–Crippen MR) is 63.8 cm³/mol. The van der Waals surface area contributed by atoms with Gasteiger partial charge in [-0.3, -0.25) is 4.79 Å². The minimum absolute atomic E-state index is 0.259. The standard InChI is InChI=1S/C12H9NO3S/c1-7-2-10-11(16-6-15-10)3-8(7)9-5-17-12(4-14)13-9/h2-5H,6H2,1H3. The molecule has 0 saturated heterocycles. The number of aldehydes is 1. The van der Waals surface area contributed by atoms with E-state index in [1.165, 1.54) is 11.3 Å². The Labute approximate surface area is 102 Å². The Morgan fingerprint density at radius 3 is 2.82 bits per heavy atom. The SMILES string of the molecule is Cc1cc2c(cc1-c1csc(C=O)n1)OCO2. The summed E-state index contributed by atoms with van der Waals surface area (Å²) in [4.78, 5) is 14.9. The van der Waals surface area contributed by atoms with Crippen molar-refractivity contribution >= 4 is 17.6 Å². The Kier molecular flexibility index (Phi) is 2.33. The summed E-state index contributed by atoms with van der Waals surface area (Å²) >= 11 is 1.34. The predicted octanol–water partition coefficient (Wildman–Crippen LogP) is 2.66. The second-order valence-electron chi connectivity index (χ2n) is 3.71. The lowest BCUT2D eigenvalue weighted by Gasteiger charge is -2.04. The van der Waals surface area contributed by atoms with Gasteiger partial charge in [0.25, 0.3) is 0 Å². The molecule has 0 fully saturated rings. The summed E-state index contributed by atoms with van der Waals surface area (Å²) in [5.74, 6) is 1.49. The molecule has 2 heterocycles. The number of hydrogen-bond donors (Lipinski definition) is 0. The van der Waals surface area contributed by atoms with Crippen LogP contribution in [0.1, 0.15) is 15.4 Å². The largest absolute Gasteiger partial charge is 0.454 e. The first-order valence-corrected chi connectivity index (χ1v) is 5.97. The number of carbonyl (C=O) groups is 1. The highest BCUT2D eigenvalue weighted by atomic mass is 32.1. The van der Waals surface area contributed by atoms with Crippen LogP contribution in [0.2, 0.25) is 0 Å². The van der Waals surface area contributed by atoms with Gasteiger partial charge in [0.1, 0.15) is 0 Å². The minimum Gasteiger partial charge on any atom is -0.454 e. The van der Waals surface area contributed by atoms with E-state index in [1.54, 1.807) is 0 Å². The van der Waals surface area contributed by atoms with Gasteiger partial charge in [0.15, 0.2) is 22.8 Å². The van der Waals surface area contributed by atoms with Crippen molar-refractivity contribution in [1.29, 1.82) is 0 Å². The van der Waals surface area contributed by atoms with E-state index in [9.17, 15) is 4.79 Å². The van der Waals surface area contributed by atoms with Gasteiger partial charge in [-0.15, -0.1) is 11.3 Å². The van der Waals surface area contributed by atoms with Crippen molar-refractivity contribution in [3.05, 3.63) is 28.1 Å². The number of aromatic nitrogens is 1. The smallest absolute Gasteiger partial charge is 0.231 e. The topological polar surface area (TPSA) is 48.4 Å². The highest BCUT2D eigenvalue weighted by Crippen LogP contribution is 2.38. The average Bonchev–Trinajstić information content (AvgIpc) is 2.94. The molecule has 1 aromatic heterocycles. The van der Waals surface area contributed by atoms with E-state index in [4.69, 9.17) is 9.47 Å². The molecule has 0 amide bonds. The molecule has 4 nitrogen and oxygen atoms in total. The fraction of sp³-hybridized carbons (Fsp3) is 0.167. The zero-order valence-corrected chi connectivity index (χ0v) is 9.91. The molecule has 86 valence electrons. The molecular weight excluding hydrogens is 238 g/mol. The van der Waals surface area contributed by atoms with Crippen molar-refractivity contribution in [2.24, 2.45) is 0 Å². The molecule has 0 saturated carbocycles. The van der Waals surface area contributed by atoms with Crippen LogP contribution in [-0.4, -0.2) is 18.1 Å². The average molecular weight is 247 g/mol. The minimum atomic E-state index is 0.259. The van der Waals surface area contributed by atoms with Gasteiger partial charge < -0.3 is 9.47 Å². The molecule has 0 bridgehead atoms. The Balaban J connectivity index is 2.11. The number of ether oxygens (including phenoxy) is 2. The zero-order chi connectivity index (χ0) is 11.8. The van der Waals surface area contributed by atoms with Crippen LogP contribution in [0.25, 0.3) is 11.3 Å². The molecule has 1 aliphatic rings. The molecule has 1 aliphatic heterocycles. The first-order chi connectivity index (χ1) is 8.28. The van der Waals surface area contributed by atoms with Crippen molar-refractivity contribution in [3.63, 3.8) is 0 Å². The highest BCUT2D eigenvalue weighted by molar-refractivity contribution is 7.11. The molecule has 2 aromatic rings. The fourth-order valence-corrected chi connectivity index (χ4v) is 2.40. The van der Waals surface area contributed by atoms with Gasteiger partial charge in [0.2, 0.25) is 6.79 Å². The second-order valence-corrected chi connectivity index (χ2v) is 4.60. The summed E-state index contributed by atoms with van der Waals surface area (Å²) in [5, 5.41) is 2.35. The first-order valence-electron chi connectivity index (χ1n) is 5.09. The summed E-state index contributed by atoms with van der Waals surface area (Å²) in [6, 6.07) is 3.83. The summed E-state index contributed by atoms with van der Waals surface area (Å²) in [7, 11) is 0. The molecule has 0 atom stereocenters. The molecule has 0 unspecified atom stereocenters. The number of nitrogens with zero attached hydrogens (tertiary/aromatic N) is 1. The van der Waals surface area contributed by atoms with E-state index in [-0.39, 0.29) is 6.79 Å². The lowest BCUT2D eigenvalue weighted by atomic mass is 10.1. The van der Waals surface area contributed by atoms with Gasteiger partial charge in [-0.05, 0) is 24.6 Å². The third kappa shape index (κ3) is 1.68. The van der Waals surface area contributed by atoms with E-state index < -0.39 is 0 Å². The molecule has 17 heavy (non-hydrogen) atoms. The monoisotopic (exact) mass is 247 g/mol. The maximum Gasteiger partial charge on any atom is 0.231 e. The Morgan fingerprint density at radius 1 is 1.35 bits per heavy atom. The quantitative estimate of drug-likeness (QED) is 0.765. The summed E-state index contributed by atoms with van der Waals surface area (Å²) in [6.07, 6.45) is 0.760. The van der Waals surface area contributed by atoms with Crippen LogP contribution in [0, 0.1) is 6.92 Å². The van der Waals surface area contributed by atoms with Crippen LogP contribution in [0.3, 0.4) is 0 Å². The highest BCUT2D eigenvalue weighted by Gasteiger charge is 2.17. The first kappa shape index (κ1) is 10.3. The third-order valence-corrected chi connectivity index (χ3v) is 3.39. The molecular formula is C12H9NO3S. The van der Waals surface area contributed by atoms with Gasteiger partial charge in [-0.2, -0.15) is 0 Å². The molecule has 0 aliphatic carbocycles. The van der Waals surface area contributed by atoms with Crippen molar-refractivity contribution in [1.82, 2.24) is 4.98 Å². The number of aryl methyl sites for hydroxylation is 1. The Hall–Kier alpha value is -1.88. The molecule has 3 rings (SSSR count). The molecule has 0 N–H and O–H groups in total. The van der Waals surface area contributed by atoms with Gasteiger partial charge in [-0.1, -0.05) is 0 Å². The number of hydrogen-bond acceptors (Lipinski definition) is 5. The number of benzene rings is 1. The maximum atomic E-state index is 10.6. The van der Waals surface area contributed by atoms with E-state index in [0.717, 1.165) is 34.6 Å². The molecule has 0 radical (unpaired) electrons. The van der Waals surface area contributed by atoms with Crippen molar-refractivity contribution in [3.8, 4) is 22.8 Å². The summed E-state index contributed by atoms with van der Waals surface area (Å²) < 4.78 is 10.6. The second kappa shape index (κ2) is 3.85. The van der Waals surface area contributed by atoms with Crippen LogP contribution < -0.4 is 9.47 Å².